The minimum atomic E-state index is -0.411. The van der Waals surface area contributed by atoms with Crippen molar-refractivity contribution in [1.29, 1.82) is 0 Å². The van der Waals surface area contributed by atoms with Crippen molar-refractivity contribution in [2.24, 2.45) is 0 Å². The largest absolute Gasteiger partial charge is 0.461 e. The number of fused-ring (bicyclic) bond motifs is 5. The van der Waals surface area contributed by atoms with Gasteiger partial charge in [-0.1, -0.05) is 19.1 Å². The number of benzene rings is 1. The molecule has 0 N–H and O–H groups in total. The van der Waals surface area contributed by atoms with Gasteiger partial charge in [-0.15, -0.1) is 0 Å². The molecule has 1 aliphatic rings. The number of carbonyl (C=O) groups excluding carboxylic acids is 1. The van der Waals surface area contributed by atoms with Crippen LogP contribution in [-0.4, -0.2) is 32.1 Å². The monoisotopic (exact) mass is 362 g/mol. The summed E-state index contributed by atoms with van der Waals surface area (Å²) in [6, 6.07) is 6.29. The van der Waals surface area contributed by atoms with Crippen LogP contribution in [0.1, 0.15) is 53.4 Å². The van der Waals surface area contributed by atoms with Crippen LogP contribution in [0.4, 0.5) is 0 Å². The summed E-state index contributed by atoms with van der Waals surface area (Å²) in [5, 5.41) is 0. The first-order valence-electron chi connectivity index (χ1n) is 9.31. The van der Waals surface area contributed by atoms with Crippen LogP contribution in [0.15, 0.2) is 30.7 Å². The van der Waals surface area contributed by atoms with E-state index in [2.05, 4.69) is 51.6 Å². The molecule has 0 saturated carbocycles. The molecular formula is C21H22N4O2. The van der Waals surface area contributed by atoms with Crippen molar-refractivity contribution in [3.63, 3.8) is 0 Å². The third-order valence-corrected chi connectivity index (χ3v) is 4.80. The summed E-state index contributed by atoms with van der Waals surface area (Å²) >= 11 is 0. The van der Waals surface area contributed by atoms with Crippen molar-refractivity contribution < 1.29 is 9.53 Å². The van der Waals surface area contributed by atoms with E-state index >= 15 is 0 Å². The van der Waals surface area contributed by atoms with E-state index in [4.69, 9.17) is 4.74 Å². The van der Waals surface area contributed by atoms with Gasteiger partial charge in [0.25, 0.3) is 0 Å². The van der Waals surface area contributed by atoms with E-state index in [9.17, 15) is 4.79 Å². The fourth-order valence-corrected chi connectivity index (χ4v) is 3.64. The second-order valence-corrected chi connectivity index (χ2v) is 6.72. The molecule has 6 nitrogen and oxygen atoms in total. The summed E-state index contributed by atoms with van der Waals surface area (Å²) in [5.74, 6) is 0.615. The van der Waals surface area contributed by atoms with E-state index in [0.717, 1.165) is 46.9 Å². The first-order chi connectivity index (χ1) is 13.1. The average molecular weight is 362 g/mol. The van der Waals surface area contributed by atoms with Crippen LogP contribution in [0.25, 0.3) is 16.9 Å². The molecular weight excluding hydrogens is 340 g/mol. The molecule has 3 heterocycles. The highest BCUT2D eigenvalue weighted by Gasteiger charge is 2.27. The maximum absolute atomic E-state index is 12.5. The van der Waals surface area contributed by atoms with Gasteiger partial charge >= 0.3 is 5.97 Å². The number of aryl methyl sites for hydroxylation is 2. The Hall–Kier alpha value is -3.02. The molecule has 1 aliphatic heterocycles. The third-order valence-electron chi connectivity index (χ3n) is 4.80. The molecule has 3 aromatic rings. The number of aromatic nitrogens is 4. The molecule has 0 radical (unpaired) electrons. The SMILES string of the molecule is CCCc1ncc2n1-c1cc(C)ccc1-c1ncnc(C(=O)OCC)c1C2. The normalized spacial score (nSPS) is 12.0. The molecule has 6 heteroatoms. The molecule has 4 rings (SSSR count). The number of hydrogen-bond acceptors (Lipinski definition) is 5. The number of esters is 1. The van der Waals surface area contributed by atoms with Crippen molar-refractivity contribution in [1.82, 2.24) is 19.5 Å². The van der Waals surface area contributed by atoms with E-state index in [1.807, 2.05) is 6.20 Å². The topological polar surface area (TPSA) is 69.9 Å². The molecule has 0 amide bonds. The predicted octanol–water partition coefficient (Wildman–Crippen LogP) is 3.67. The Balaban J connectivity index is 2.01. The van der Waals surface area contributed by atoms with Gasteiger partial charge in [0, 0.05) is 35.9 Å². The third kappa shape index (κ3) is 2.91. The molecule has 27 heavy (non-hydrogen) atoms. The van der Waals surface area contributed by atoms with Crippen LogP contribution in [-0.2, 0) is 17.6 Å². The van der Waals surface area contributed by atoms with E-state index in [1.165, 1.54) is 11.9 Å². The van der Waals surface area contributed by atoms with Crippen LogP contribution >= 0.6 is 0 Å². The molecule has 0 atom stereocenters. The van der Waals surface area contributed by atoms with Gasteiger partial charge in [0.2, 0.25) is 0 Å². The van der Waals surface area contributed by atoms with Crippen molar-refractivity contribution in [2.45, 2.75) is 40.0 Å². The van der Waals surface area contributed by atoms with Gasteiger partial charge in [0.05, 0.1) is 18.0 Å². The molecule has 1 aromatic carbocycles. The molecule has 0 fully saturated rings. The van der Waals surface area contributed by atoms with Crippen LogP contribution in [0, 0.1) is 6.92 Å². The molecule has 0 spiro atoms. The van der Waals surface area contributed by atoms with Crippen molar-refractivity contribution in [3.8, 4) is 16.9 Å². The second-order valence-electron chi connectivity index (χ2n) is 6.72. The lowest BCUT2D eigenvalue weighted by Crippen LogP contribution is -2.12. The maximum atomic E-state index is 12.5. The van der Waals surface area contributed by atoms with E-state index < -0.39 is 5.97 Å². The van der Waals surface area contributed by atoms with Gasteiger partial charge in [0.15, 0.2) is 5.69 Å². The van der Waals surface area contributed by atoms with Crippen LogP contribution < -0.4 is 0 Å². The number of carbonyl (C=O) groups is 1. The van der Waals surface area contributed by atoms with Crippen molar-refractivity contribution in [3.05, 3.63) is 59.1 Å². The lowest BCUT2D eigenvalue weighted by atomic mass is 10.00. The van der Waals surface area contributed by atoms with Crippen molar-refractivity contribution in [2.75, 3.05) is 6.61 Å². The second kappa shape index (κ2) is 6.95. The highest BCUT2D eigenvalue weighted by Crippen LogP contribution is 2.36. The van der Waals surface area contributed by atoms with Crippen molar-refractivity contribution >= 4 is 5.97 Å². The number of rotatable bonds is 4. The first kappa shape index (κ1) is 17.4. The predicted molar refractivity (Wildman–Crippen MR) is 102 cm³/mol. The lowest BCUT2D eigenvalue weighted by Gasteiger charge is -2.14. The summed E-state index contributed by atoms with van der Waals surface area (Å²) < 4.78 is 7.43. The summed E-state index contributed by atoms with van der Waals surface area (Å²) in [4.78, 5) is 25.9. The quantitative estimate of drug-likeness (QED) is 0.518. The number of nitrogens with zero attached hydrogens (tertiary/aromatic N) is 4. The van der Waals surface area contributed by atoms with Gasteiger partial charge in [-0.3, -0.25) is 4.57 Å². The Morgan fingerprint density at radius 3 is 2.85 bits per heavy atom. The zero-order valence-corrected chi connectivity index (χ0v) is 15.8. The fourth-order valence-electron chi connectivity index (χ4n) is 3.64. The number of ether oxygens (including phenoxy) is 1. The van der Waals surface area contributed by atoms with E-state index in [0.29, 0.717) is 18.7 Å². The Morgan fingerprint density at radius 1 is 1.22 bits per heavy atom. The van der Waals surface area contributed by atoms with Crippen LogP contribution in [0.2, 0.25) is 0 Å². The average Bonchev–Trinajstić information content (AvgIpc) is 2.98. The lowest BCUT2D eigenvalue weighted by molar-refractivity contribution is 0.0518. The van der Waals surface area contributed by atoms with Gasteiger partial charge in [0.1, 0.15) is 12.2 Å². The number of hydrogen-bond donors (Lipinski definition) is 0. The van der Waals surface area contributed by atoms with Gasteiger partial charge in [-0.05, 0) is 31.9 Å². The zero-order chi connectivity index (χ0) is 19.0. The molecule has 0 unspecified atom stereocenters. The molecule has 2 aromatic heterocycles. The Bertz CT molecular complexity index is 1020. The zero-order valence-electron chi connectivity index (χ0n) is 15.8. The Morgan fingerprint density at radius 2 is 2.07 bits per heavy atom. The van der Waals surface area contributed by atoms with E-state index in [1.54, 1.807) is 6.92 Å². The van der Waals surface area contributed by atoms with Gasteiger partial charge in [-0.2, -0.15) is 0 Å². The fraction of sp³-hybridized carbons (Fsp3) is 0.333. The first-order valence-corrected chi connectivity index (χ1v) is 9.31. The smallest absolute Gasteiger partial charge is 0.357 e. The summed E-state index contributed by atoms with van der Waals surface area (Å²) in [5.41, 5.74) is 6.15. The van der Waals surface area contributed by atoms with Crippen LogP contribution in [0.3, 0.4) is 0 Å². The van der Waals surface area contributed by atoms with E-state index in [-0.39, 0.29) is 0 Å². The Labute approximate surface area is 158 Å². The summed E-state index contributed by atoms with van der Waals surface area (Å²) in [7, 11) is 0. The maximum Gasteiger partial charge on any atom is 0.357 e. The molecule has 138 valence electrons. The molecule has 0 aliphatic carbocycles. The number of imidazole rings is 1. The van der Waals surface area contributed by atoms with Gasteiger partial charge in [-0.25, -0.2) is 19.7 Å². The van der Waals surface area contributed by atoms with Crippen LogP contribution in [0.5, 0.6) is 0 Å². The summed E-state index contributed by atoms with van der Waals surface area (Å²) in [6.45, 7) is 6.33. The Kier molecular flexibility index (Phi) is 4.48. The minimum Gasteiger partial charge on any atom is -0.461 e. The molecule has 0 bridgehead atoms. The minimum absolute atomic E-state index is 0.311. The summed E-state index contributed by atoms with van der Waals surface area (Å²) in [6.07, 6.45) is 5.78. The molecule has 0 saturated heterocycles. The highest BCUT2D eigenvalue weighted by molar-refractivity contribution is 5.92. The van der Waals surface area contributed by atoms with Gasteiger partial charge < -0.3 is 4.74 Å². The standard InChI is InChI=1S/C21H22N4O2/c1-4-6-18-22-11-14-10-16-19(23-12-24-20(16)21(26)27-5-2)15-8-7-13(3)9-17(15)25(14)18/h7-9,11-12H,4-6,10H2,1-3H3. The highest BCUT2D eigenvalue weighted by atomic mass is 16.5.